The molecule has 0 saturated heterocycles. The average Bonchev–Trinajstić information content (AvgIpc) is 2.98. The maximum Gasteiger partial charge on any atom is 0.264 e. The van der Waals surface area contributed by atoms with Crippen LogP contribution >= 0.6 is 11.6 Å². The lowest BCUT2D eigenvalue weighted by molar-refractivity contribution is -0.139. The lowest BCUT2D eigenvalue weighted by Gasteiger charge is -2.33. The summed E-state index contributed by atoms with van der Waals surface area (Å²) in [5.41, 5.74) is 1.23. The van der Waals surface area contributed by atoms with Crippen LogP contribution in [0.5, 0.6) is 11.5 Å². The number of halogens is 1. The monoisotopic (exact) mass is 601 g/mol. The van der Waals surface area contributed by atoms with Crippen LogP contribution in [-0.2, 0) is 26.0 Å². The number of methoxy groups -OCH3 is 2. The van der Waals surface area contributed by atoms with Gasteiger partial charge in [-0.1, -0.05) is 48.9 Å². The molecule has 2 amide bonds. The van der Waals surface area contributed by atoms with Gasteiger partial charge in [-0.15, -0.1) is 0 Å². The van der Waals surface area contributed by atoms with E-state index in [2.05, 4.69) is 5.32 Å². The van der Waals surface area contributed by atoms with E-state index in [1.807, 2.05) is 37.3 Å². The summed E-state index contributed by atoms with van der Waals surface area (Å²) in [4.78, 5) is 28.4. The molecule has 0 aliphatic carbocycles. The highest BCUT2D eigenvalue weighted by Gasteiger charge is 2.33. The number of sulfonamides is 1. The second kappa shape index (κ2) is 14.7. The van der Waals surface area contributed by atoms with Crippen molar-refractivity contribution in [1.82, 2.24) is 10.2 Å². The average molecular weight is 602 g/mol. The number of hydrogen-bond acceptors (Lipinski definition) is 6. The van der Waals surface area contributed by atoms with Crippen molar-refractivity contribution >= 4 is 39.1 Å². The van der Waals surface area contributed by atoms with Crippen molar-refractivity contribution in [3.05, 3.63) is 83.4 Å². The van der Waals surface area contributed by atoms with Crippen molar-refractivity contribution in [2.45, 2.75) is 37.6 Å². The van der Waals surface area contributed by atoms with Crippen molar-refractivity contribution in [3.8, 4) is 11.5 Å². The molecule has 0 radical (unpaired) electrons. The van der Waals surface area contributed by atoms with Gasteiger partial charge in [0.2, 0.25) is 11.8 Å². The highest BCUT2D eigenvalue weighted by atomic mass is 35.5. The van der Waals surface area contributed by atoms with Crippen molar-refractivity contribution in [2.75, 3.05) is 38.2 Å². The van der Waals surface area contributed by atoms with Crippen LogP contribution in [0, 0.1) is 0 Å². The minimum Gasteiger partial charge on any atom is -0.493 e. The summed E-state index contributed by atoms with van der Waals surface area (Å²) >= 11 is 6.08. The van der Waals surface area contributed by atoms with Gasteiger partial charge in [0.25, 0.3) is 10.0 Å². The maximum absolute atomic E-state index is 14.0. The molecule has 0 unspecified atom stereocenters. The Morgan fingerprint density at radius 3 is 2.17 bits per heavy atom. The summed E-state index contributed by atoms with van der Waals surface area (Å²) in [5, 5.41) is 3.21. The summed E-state index contributed by atoms with van der Waals surface area (Å²) in [7, 11) is -1.42. The highest BCUT2D eigenvalue weighted by molar-refractivity contribution is 7.92. The van der Waals surface area contributed by atoms with E-state index in [-0.39, 0.29) is 28.8 Å². The zero-order chi connectivity index (χ0) is 30.0. The number of nitrogens with zero attached hydrogens (tertiary/aromatic N) is 2. The fourth-order valence-electron chi connectivity index (χ4n) is 4.43. The zero-order valence-corrected chi connectivity index (χ0v) is 25.2. The Morgan fingerprint density at radius 2 is 1.59 bits per heavy atom. The summed E-state index contributed by atoms with van der Waals surface area (Å²) in [6.07, 6.45) is 0.849. The van der Waals surface area contributed by atoms with E-state index in [4.69, 9.17) is 21.1 Å². The quantitative estimate of drug-likeness (QED) is 0.291. The molecule has 3 aromatic rings. The third kappa shape index (κ3) is 7.92. The number of rotatable bonds is 14. The Morgan fingerprint density at radius 1 is 0.927 bits per heavy atom. The van der Waals surface area contributed by atoms with Gasteiger partial charge in [-0.2, -0.15) is 0 Å². The minimum atomic E-state index is -4.28. The topological polar surface area (TPSA) is 105 Å². The number of ether oxygens (including phenoxy) is 2. The third-order valence-electron chi connectivity index (χ3n) is 6.56. The second-order valence-electron chi connectivity index (χ2n) is 9.15. The summed E-state index contributed by atoms with van der Waals surface area (Å²) in [6, 6.07) is 19.2. The van der Waals surface area contributed by atoms with Gasteiger partial charge in [0.1, 0.15) is 12.6 Å². The van der Waals surface area contributed by atoms with Crippen LogP contribution < -0.4 is 19.1 Å². The third-order valence-corrected chi connectivity index (χ3v) is 8.58. The van der Waals surface area contributed by atoms with E-state index in [1.54, 1.807) is 19.1 Å². The normalized spacial score (nSPS) is 11.8. The summed E-state index contributed by atoms with van der Waals surface area (Å²) in [5.74, 6) is -0.224. The number of hydrogen-bond donors (Lipinski definition) is 1. The van der Waals surface area contributed by atoms with E-state index < -0.39 is 28.5 Å². The van der Waals surface area contributed by atoms with Gasteiger partial charge in [-0.05, 0) is 61.7 Å². The van der Waals surface area contributed by atoms with E-state index in [9.17, 15) is 18.0 Å². The van der Waals surface area contributed by atoms with Crippen LogP contribution in [0.4, 0.5) is 5.69 Å². The van der Waals surface area contributed by atoms with Crippen molar-refractivity contribution in [3.63, 3.8) is 0 Å². The molecule has 220 valence electrons. The summed E-state index contributed by atoms with van der Waals surface area (Å²) < 4.78 is 39.7. The Kier molecular flexibility index (Phi) is 11.4. The number of carbonyl (C=O) groups excluding carboxylic acids is 2. The molecule has 0 saturated carbocycles. The largest absolute Gasteiger partial charge is 0.493 e. The molecule has 0 aromatic heterocycles. The van der Waals surface area contributed by atoms with Gasteiger partial charge >= 0.3 is 0 Å². The lowest BCUT2D eigenvalue weighted by atomic mass is 10.1. The highest BCUT2D eigenvalue weighted by Crippen LogP contribution is 2.32. The molecule has 0 heterocycles. The van der Waals surface area contributed by atoms with Crippen LogP contribution in [0.3, 0.4) is 0 Å². The van der Waals surface area contributed by atoms with Crippen molar-refractivity contribution < 1.29 is 27.5 Å². The molecule has 0 aliphatic heterocycles. The second-order valence-corrected chi connectivity index (χ2v) is 11.4. The van der Waals surface area contributed by atoms with Crippen LogP contribution in [0.2, 0.25) is 5.02 Å². The number of nitrogens with one attached hydrogen (secondary N) is 1. The Labute approximate surface area is 247 Å². The van der Waals surface area contributed by atoms with Gasteiger partial charge in [-0.25, -0.2) is 8.42 Å². The molecular weight excluding hydrogens is 566 g/mol. The van der Waals surface area contributed by atoms with Crippen LogP contribution in [0.1, 0.15) is 25.8 Å². The molecule has 1 atom stereocenters. The predicted molar refractivity (Wildman–Crippen MR) is 160 cm³/mol. The maximum atomic E-state index is 14.0. The zero-order valence-electron chi connectivity index (χ0n) is 23.7. The number of amides is 2. The molecule has 0 bridgehead atoms. The number of benzene rings is 3. The molecule has 41 heavy (non-hydrogen) atoms. The van der Waals surface area contributed by atoms with E-state index >= 15 is 0 Å². The molecule has 11 heteroatoms. The first-order valence-electron chi connectivity index (χ1n) is 13.3. The van der Waals surface area contributed by atoms with E-state index in [0.29, 0.717) is 30.2 Å². The fourth-order valence-corrected chi connectivity index (χ4v) is 5.98. The minimum absolute atomic E-state index is 0.0931. The van der Waals surface area contributed by atoms with E-state index in [0.717, 1.165) is 9.87 Å². The molecule has 3 rings (SSSR count). The molecule has 0 spiro atoms. The first-order chi connectivity index (χ1) is 19.7. The molecule has 9 nitrogen and oxygen atoms in total. The first kappa shape index (κ1) is 31.8. The molecule has 1 N–H and O–H groups in total. The van der Waals surface area contributed by atoms with Gasteiger partial charge in [-0.3, -0.25) is 13.9 Å². The lowest BCUT2D eigenvalue weighted by Crippen LogP contribution is -2.53. The fraction of sp³-hybridized carbons (Fsp3) is 0.333. The van der Waals surface area contributed by atoms with Gasteiger partial charge in [0.05, 0.1) is 24.8 Å². The molecule has 3 aromatic carbocycles. The number of likely N-dealkylation sites (N-methyl/N-ethyl adjacent to an activating group) is 1. The van der Waals surface area contributed by atoms with Crippen LogP contribution in [0.25, 0.3) is 0 Å². The standard InChI is InChI=1S/C30H36ClN3O6S/c1-5-26(30(36)32-6-2)33(19-18-22-10-8-7-9-11-22)29(35)21-34(24-14-12-23(31)13-15-24)41(37,38)25-16-17-27(39-3)28(20-25)40-4/h7-17,20,26H,5-6,18-19,21H2,1-4H3,(H,32,36)/t26-/m0/s1. The van der Waals surface area contributed by atoms with Crippen LogP contribution in [0.15, 0.2) is 77.7 Å². The molecule has 0 aliphatic rings. The van der Waals surface area contributed by atoms with E-state index in [1.165, 1.54) is 49.5 Å². The smallest absolute Gasteiger partial charge is 0.264 e. The van der Waals surface area contributed by atoms with Crippen molar-refractivity contribution in [2.24, 2.45) is 0 Å². The molecular formula is C30H36ClN3O6S. The first-order valence-corrected chi connectivity index (χ1v) is 15.1. The summed E-state index contributed by atoms with van der Waals surface area (Å²) in [6.45, 7) is 3.71. The predicted octanol–water partition coefficient (Wildman–Crippen LogP) is 4.54. The Hall–Kier alpha value is -3.76. The Bertz CT molecular complexity index is 1420. The SMILES string of the molecule is CCNC(=O)[C@H](CC)N(CCc1ccccc1)C(=O)CN(c1ccc(Cl)cc1)S(=O)(=O)c1ccc(OC)c(OC)c1. The van der Waals surface area contributed by atoms with Gasteiger partial charge < -0.3 is 19.7 Å². The van der Waals surface area contributed by atoms with Crippen molar-refractivity contribution in [1.29, 1.82) is 0 Å². The Balaban J connectivity index is 2.04. The van der Waals surface area contributed by atoms with Gasteiger partial charge in [0.15, 0.2) is 11.5 Å². The van der Waals surface area contributed by atoms with Gasteiger partial charge in [0, 0.05) is 24.2 Å². The number of anilines is 1. The van der Waals surface area contributed by atoms with Crippen LogP contribution in [-0.4, -0.2) is 65.0 Å². The number of carbonyl (C=O) groups is 2. The molecule has 0 fully saturated rings.